The molecule has 0 aliphatic carbocycles. The van der Waals surface area contributed by atoms with E-state index in [9.17, 15) is 29.4 Å². The predicted octanol–water partition coefficient (Wildman–Crippen LogP) is 5.28. The van der Waals surface area contributed by atoms with E-state index in [1.54, 1.807) is 49.4 Å². The Morgan fingerprint density at radius 2 is 1.72 bits per heavy atom. The molecule has 266 valence electrons. The molecule has 0 bridgehead atoms. The lowest BCUT2D eigenvalue weighted by Crippen LogP contribution is -2.33. The zero-order valence-corrected chi connectivity index (χ0v) is 28.6. The molecule has 1 aliphatic heterocycles. The molecule has 0 fully saturated rings. The van der Waals surface area contributed by atoms with Gasteiger partial charge in [0, 0.05) is 36.9 Å². The smallest absolute Gasteiger partial charge is 0.342 e. The van der Waals surface area contributed by atoms with Crippen molar-refractivity contribution in [1.82, 2.24) is 10.3 Å². The number of amides is 2. The van der Waals surface area contributed by atoms with Crippen LogP contribution in [0.4, 0.5) is 5.82 Å². The van der Waals surface area contributed by atoms with Crippen LogP contribution >= 0.6 is 0 Å². The predicted molar refractivity (Wildman–Crippen MR) is 185 cm³/mol. The number of anilines is 1. The largest absolute Gasteiger partial charge is 0.507 e. The van der Waals surface area contributed by atoms with Gasteiger partial charge in [-0.05, 0) is 74.1 Å². The Bertz CT molecular complexity index is 1700. The van der Waals surface area contributed by atoms with Crippen molar-refractivity contribution < 1.29 is 48.3 Å². The van der Waals surface area contributed by atoms with E-state index >= 15 is 0 Å². The summed E-state index contributed by atoms with van der Waals surface area (Å²) in [6.45, 7) is 1.31. The summed E-state index contributed by atoms with van der Waals surface area (Å²) in [5.74, 6) is -2.82. The number of carbonyl (C=O) groups is 4. The highest BCUT2D eigenvalue weighted by atomic mass is 16.5. The second-order valence-corrected chi connectivity index (χ2v) is 11.8. The molecule has 2 amide bonds. The van der Waals surface area contributed by atoms with Gasteiger partial charge in [-0.15, -0.1) is 0 Å². The van der Waals surface area contributed by atoms with Crippen LogP contribution in [0, 0.1) is 0 Å². The zero-order chi connectivity index (χ0) is 36.2. The molecule has 1 aliphatic rings. The van der Waals surface area contributed by atoms with E-state index in [0.717, 1.165) is 0 Å². The van der Waals surface area contributed by atoms with E-state index in [-0.39, 0.29) is 52.7 Å². The molecular formula is C37H43N3O10. The number of aromatic nitrogens is 1. The molecule has 0 saturated carbocycles. The number of Topliss-reactive ketones (excluding diaryl/α,β-unsaturated/α-hetero) is 1. The molecule has 4 N–H and O–H groups in total. The van der Waals surface area contributed by atoms with Crippen LogP contribution in [0.25, 0.3) is 6.08 Å². The third-order valence-electron chi connectivity index (χ3n) is 8.26. The third-order valence-corrected chi connectivity index (χ3v) is 8.26. The number of nitrogens with zero attached hydrogens (tertiary/aromatic N) is 1. The van der Waals surface area contributed by atoms with E-state index < -0.39 is 41.3 Å². The maximum Gasteiger partial charge on any atom is 0.342 e. The minimum absolute atomic E-state index is 0.129. The number of phenolic OH excluding ortho intramolecular Hbond substituents is 2. The van der Waals surface area contributed by atoms with Crippen molar-refractivity contribution >= 4 is 35.5 Å². The van der Waals surface area contributed by atoms with Crippen molar-refractivity contribution in [3.05, 3.63) is 70.9 Å². The topological polar surface area (TPSA) is 183 Å². The van der Waals surface area contributed by atoms with Crippen LogP contribution in [0.15, 0.2) is 48.7 Å². The lowest BCUT2D eigenvalue weighted by molar-refractivity contribution is -0.124. The van der Waals surface area contributed by atoms with Gasteiger partial charge in [-0.1, -0.05) is 18.2 Å². The minimum atomic E-state index is -1.10. The summed E-state index contributed by atoms with van der Waals surface area (Å²) in [5.41, 5.74) is 0.238. The molecular weight excluding hydrogens is 646 g/mol. The van der Waals surface area contributed by atoms with Gasteiger partial charge in [0.2, 0.25) is 17.6 Å². The summed E-state index contributed by atoms with van der Waals surface area (Å²) < 4.78 is 22.2. The molecule has 2 heterocycles. The van der Waals surface area contributed by atoms with Crippen LogP contribution in [0.1, 0.15) is 84.8 Å². The number of ether oxygens (including phenoxy) is 4. The number of benzene rings is 2. The first-order chi connectivity index (χ1) is 24.1. The minimum Gasteiger partial charge on any atom is -0.507 e. The van der Waals surface area contributed by atoms with Gasteiger partial charge >= 0.3 is 5.97 Å². The summed E-state index contributed by atoms with van der Waals surface area (Å²) >= 11 is 0. The van der Waals surface area contributed by atoms with Gasteiger partial charge in [0.15, 0.2) is 11.5 Å². The van der Waals surface area contributed by atoms with Crippen LogP contribution < -0.4 is 24.8 Å². The number of ketones is 1. The number of cyclic esters (lactones) is 1. The molecule has 50 heavy (non-hydrogen) atoms. The fourth-order valence-corrected chi connectivity index (χ4v) is 5.77. The fourth-order valence-electron chi connectivity index (χ4n) is 5.77. The Balaban J connectivity index is 1.78. The van der Waals surface area contributed by atoms with Gasteiger partial charge < -0.3 is 39.8 Å². The Hall–Kier alpha value is -5.59. The van der Waals surface area contributed by atoms with E-state index in [4.69, 9.17) is 18.9 Å². The number of aromatic hydroxyl groups is 2. The van der Waals surface area contributed by atoms with Crippen molar-refractivity contribution in [1.29, 1.82) is 0 Å². The van der Waals surface area contributed by atoms with Crippen LogP contribution in [-0.4, -0.2) is 72.7 Å². The lowest BCUT2D eigenvalue weighted by atomic mass is 9.84. The molecule has 2 atom stereocenters. The molecule has 1 aromatic heterocycles. The van der Waals surface area contributed by atoms with Crippen LogP contribution in [0.5, 0.6) is 28.7 Å². The van der Waals surface area contributed by atoms with Crippen LogP contribution in [0.3, 0.4) is 0 Å². The summed E-state index contributed by atoms with van der Waals surface area (Å²) in [6.07, 6.45) is 6.83. The molecule has 0 spiro atoms. The molecule has 3 aromatic rings. The SMILES string of the molecule is COc1cc(C(CC(=O)NCC(=O)Nc2ccccn2)c2c(O)cc3c(c2O)C(=O)O[C@@H](C)CCCC(=O)CCC/C=C/3)cc(OC)c1OC. The number of pyridine rings is 1. The van der Waals surface area contributed by atoms with Crippen molar-refractivity contribution in [2.45, 2.75) is 63.9 Å². The Morgan fingerprint density at radius 3 is 2.38 bits per heavy atom. The average molecular weight is 690 g/mol. The summed E-state index contributed by atoms with van der Waals surface area (Å²) in [6, 6.07) is 9.47. The first-order valence-electron chi connectivity index (χ1n) is 16.3. The highest BCUT2D eigenvalue weighted by molar-refractivity contribution is 5.98. The number of rotatable bonds is 10. The first kappa shape index (κ1) is 37.2. The highest BCUT2D eigenvalue weighted by Crippen LogP contribution is 2.47. The summed E-state index contributed by atoms with van der Waals surface area (Å²) in [5, 5.41) is 28.5. The van der Waals surface area contributed by atoms with E-state index in [0.29, 0.717) is 49.9 Å². The number of hydrogen-bond donors (Lipinski definition) is 4. The molecule has 2 aromatic carbocycles. The number of methoxy groups -OCH3 is 3. The molecule has 4 rings (SSSR count). The second-order valence-electron chi connectivity index (χ2n) is 11.8. The highest BCUT2D eigenvalue weighted by Gasteiger charge is 2.32. The van der Waals surface area contributed by atoms with Gasteiger partial charge in [0.05, 0.1) is 34.0 Å². The van der Waals surface area contributed by atoms with Gasteiger partial charge in [0.25, 0.3) is 0 Å². The number of fused-ring (bicyclic) bond motifs is 1. The molecule has 0 radical (unpaired) electrons. The average Bonchev–Trinajstić information content (AvgIpc) is 3.09. The molecule has 1 unspecified atom stereocenters. The third kappa shape index (κ3) is 9.52. The van der Waals surface area contributed by atoms with E-state index in [2.05, 4.69) is 15.6 Å². The molecule has 13 nitrogen and oxygen atoms in total. The Kier molecular flexibility index (Phi) is 13.2. The Morgan fingerprint density at radius 1 is 1.00 bits per heavy atom. The van der Waals surface area contributed by atoms with E-state index in [1.165, 1.54) is 33.6 Å². The van der Waals surface area contributed by atoms with Crippen molar-refractivity contribution in [2.24, 2.45) is 0 Å². The van der Waals surface area contributed by atoms with Crippen molar-refractivity contribution in [2.75, 3.05) is 33.2 Å². The number of carbonyl (C=O) groups excluding carboxylic acids is 4. The summed E-state index contributed by atoms with van der Waals surface area (Å²) in [4.78, 5) is 55.9. The van der Waals surface area contributed by atoms with Crippen molar-refractivity contribution in [3.8, 4) is 28.7 Å². The van der Waals surface area contributed by atoms with Gasteiger partial charge in [0.1, 0.15) is 28.7 Å². The van der Waals surface area contributed by atoms with Gasteiger partial charge in [-0.25, -0.2) is 9.78 Å². The quantitative estimate of drug-likeness (QED) is 0.203. The number of allylic oxidation sites excluding steroid dienone is 1. The monoisotopic (exact) mass is 689 g/mol. The number of nitrogens with one attached hydrogen (secondary N) is 2. The van der Waals surface area contributed by atoms with Gasteiger partial charge in [-0.3, -0.25) is 14.4 Å². The number of hydrogen-bond acceptors (Lipinski definition) is 11. The molecule has 0 saturated heterocycles. The maximum atomic E-state index is 13.7. The van der Waals surface area contributed by atoms with Crippen LogP contribution in [0.2, 0.25) is 0 Å². The number of phenols is 2. The van der Waals surface area contributed by atoms with Gasteiger partial charge in [-0.2, -0.15) is 0 Å². The standard InChI is InChI=1S/C37H43N3O10/c1-22-11-10-14-25(41)13-7-5-6-12-23-17-27(42)34(35(45)33(23)37(46)50-22)26(24-18-28(47-2)36(49-4)29(19-24)48-3)20-31(43)39-21-32(44)40-30-15-8-9-16-38-30/h6,8-9,12,15-19,22,26,42,45H,5,7,10-11,13-14,20-21H2,1-4H3,(H,39,43)(H,38,40,44)/b12-6+/t22-,26?/m0/s1. The maximum absolute atomic E-state index is 13.7. The number of esters is 1. The van der Waals surface area contributed by atoms with Crippen LogP contribution in [-0.2, 0) is 19.1 Å². The first-order valence-corrected chi connectivity index (χ1v) is 16.3. The summed E-state index contributed by atoms with van der Waals surface area (Å²) in [7, 11) is 4.27. The molecule has 13 heteroatoms. The lowest BCUT2D eigenvalue weighted by Gasteiger charge is -2.24. The fraction of sp³-hybridized carbons (Fsp3) is 0.378. The second kappa shape index (κ2) is 17.7. The zero-order valence-electron chi connectivity index (χ0n) is 28.6. The Labute approximate surface area is 290 Å². The van der Waals surface area contributed by atoms with Crippen molar-refractivity contribution in [3.63, 3.8) is 0 Å². The van der Waals surface area contributed by atoms with E-state index in [1.807, 2.05) is 0 Å². The normalized spacial score (nSPS) is 16.5.